The van der Waals surface area contributed by atoms with Crippen LogP contribution in [0.2, 0.25) is 0 Å². The van der Waals surface area contributed by atoms with E-state index in [4.69, 9.17) is 4.74 Å². The van der Waals surface area contributed by atoms with E-state index in [-0.39, 0.29) is 28.5 Å². The van der Waals surface area contributed by atoms with Gasteiger partial charge in [0.15, 0.2) is 28.2 Å². The van der Waals surface area contributed by atoms with Crippen LogP contribution in [-0.4, -0.2) is 47.0 Å². The van der Waals surface area contributed by atoms with Crippen molar-refractivity contribution in [1.29, 1.82) is 0 Å². The van der Waals surface area contributed by atoms with Gasteiger partial charge in [-0.2, -0.15) is 4.31 Å². The monoisotopic (exact) mass is 727 g/mol. The summed E-state index contributed by atoms with van der Waals surface area (Å²) in [5.41, 5.74) is 0.206. The number of carbonyl (C=O) groups excluding carboxylic acids is 1. The van der Waals surface area contributed by atoms with Crippen LogP contribution < -0.4 is 4.90 Å². The number of benzene rings is 3. The van der Waals surface area contributed by atoms with Crippen molar-refractivity contribution >= 4 is 33.2 Å². The number of rotatable bonds is 11. The molecule has 0 saturated carbocycles. The number of hydrogen-bond acceptors (Lipinski definition) is 6. The van der Waals surface area contributed by atoms with E-state index in [1.807, 2.05) is 6.07 Å². The smallest absolute Gasteiger partial charge is 0.335 e. The minimum atomic E-state index is -5.64. The Balaban J connectivity index is 1.44. The summed E-state index contributed by atoms with van der Waals surface area (Å²) in [6.07, 6.45) is 7.29. The largest absolute Gasteiger partial charge is 0.478 e. The van der Waals surface area contributed by atoms with Gasteiger partial charge in [-0.15, -0.1) is 0 Å². The number of carbonyl (C=O) groups is 2. The molecule has 0 spiro atoms. The Morgan fingerprint density at radius 1 is 0.882 bits per heavy atom. The SMILES string of the molecule is O=C(O)c1ccc(N(Cc2ccc(C3=CCCCC3)cn2)C(=O)[C@]2(OCc3ccccc3)CCN2S(=O)(=O)c2c(F)c(F)c(F)c(F)c2F)cc1. The molecule has 2 aliphatic rings. The molecule has 6 rings (SSSR count). The van der Waals surface area contributed by atoms with Crippen LogP contribution in [0.25, 0.3) is 5.57 Å². The fourth-order valence-electron chi connectivity index (χ4n) is 6.08. The molecule has 1 N–H and O–H groups in total. The zero-order valence-electron chi connectivity index (χ0n) is 26.8. The van der Waals surface area contributed by atoms with Crippen LogP contribution in [0.1, 0.15) is 59.3 Å². The molecule has 1 saturated heterocycles. The number of anilines is 1. The van der Waals surface area contributed by atoms with E-state index in [0.29, 0.717) is 11.3 Å². The zero-order valence-corrected chi connectivity index (χ0v) is 27.6. The molecular weight excluding hydrogens is 697 g/mol. The van der Waals surface area contributed by atoms with Gasteiger partial charge in [-0.25, -0.2) is 35.2 Å². The third-order valence-electron chi connectivity index (χ3n) is 8.91. The molecule has 0 unspecified atom stereocenters. The number of hydrogen-bond donors (Lipinski definition) is 1. The van der Waals surface area contributed by atoms with Gasteiger partial charge in [0.2, 0.25) is 11.5 Å². The summed E-state index contributed by atoms with van der Waals surface area (Å²) in [7, 11) is -5.64. The quantitative estimate of drug-likeness (QED) is 0.101. The van der Waals surface area contributed by atoms with Crippen molar-refractivity contribution in [3.63, 3.8) is 0 Å². The highest BCUT2D eigenvalue weighted by molar-refractivity contribution is 7.89. The average Bonchev–Trinajstić information content (AvgIpc) is 3.12. The number of aromatic nitrogens is 1. The van der Waals surface area contributed by atoms with Crippen molar-refractivity contribution in [2.45, 2.75) is 55.9 Å². The van der Waals surface area contributed by atoms with E-state index in [9.17, 15) is 45.1 Å². The van der Waals surface area contributed by atoms with E-state index in [1.165, 1.54) is 24.3 Å². The van der Waals surface area contributed by atoms with Crippen LogP contribution in [0.3, 0.4) is 0 Å². The molecule has 2 heterocycles. The molecule has 0 bridgehead atoms. The number of amides is 1. The molecule has 1 atom stereocenters. The number of nitrogens with zero attached hydrogens (tertiary/aromatic N) is 3. The first-order chi connectivity index (χ1) is 24.3. The lowest BCUT2D eigenvalue weighted by Crippen LogP contribution is -2.70. The molecule has 1 aromatic heterocycles. The van der Waals surface area contributed by atoms with E-state index in [1.54, 1.807) is 42.6 Å². The summed E-state index contributed by atoms with van der Waals surface area (Å²) < 4.78 is 106. The van der Waals surface area contributed by atoms with Gasteiger partial charge in [0, 0.05) is 24.8 Å². The second kappa shape index (κ2) is 14.3. The minimum Gasteiger partial charge on any atom is -0.478 e. The van der Waals surface area contributed by atoms with Crippen LogP contribution in [-0.2, 0) is 32.7 Å². The lowest BCUT2D eigenvalue weighted by atomic mass is 9.94. The van der Waals surface area contributed by atoms with Crippen LogP contribution in [0.4, 0.5) is 27.6 Å². The zero-order chi connectivity index (χ0) is 36.5. The Hall–Kier alpha value is -4.99. The van der Waals surface area contributed by atoms with E-state index in [0.717, 1.165) is 41.7 Å². The first-order valence-corrected chi connectivity index (χ1v) is 17.3. The predicted octanol–water partition coefficient (Wildman–Crippen LogP) is 6.97. The number of pyridine rings is 1. The molecule has 0 radical (unpaired) electrons. The summed E-state index contributed by atoms with van der Waals surface area (Å²) in [5.74, 6) is -15.0. The maximum atomic E-state index is 15.0. The Morgan fingerprint density at radius 3 is 2.10 bits per heavy atom. The van der Waals surface area contributed by atoms with E-state index in [2.05, 4.69) is 11.1 Å². The molecule has 3 aromatic carbocycles. The fraction of sp³-hybridized carbons (Fsp3) is 0.250. The Bertz CT molecular complexity index is 2090. The standard InChI is InChI=1S/C36H30F5N3O6S/c37-28-29(38)31(40)33(32(41)30(28)39)51(48,49)44-18-17-36(44,50-21-22-7-3-1-4-8-22)35(47)43(27-15-12-24(13-16-27)34(45)46)20-26-14-11-25(19-42-26)23-9-5-2-6-10-23/h1,3-4,7-9,11-16,19H,2,5-6,10,17-18,20-21H2,(H,45,46)/t36-/m1/s1. The third kappa shape index (κ3) is 6.76. The second-order valence-electron chi connectivity index (χ2n) is 12.0. The number of aromatic carboxylic acids is 1. The highest BCUT2D eigenvalue weighted by Gasteiger charge is 2.61. The molecule has 15 heteroatoms. The highest BCUT2D eigenvalue weighted by atomic mass is 32.2. The molecule has 4 aromatic rings. The topological polar surface area (TPSA) is 117 Å². The molecule has 1 aliphatic carbocycles. The predicted molar refractivity (Wildman–Crippen MR) is 174 cm³/mol. The Kier molecular flexibility index (Phi) is 10.1. The summed E-state index contributed by atoms with van der Waals surface area (Å²) in [6.45, 7) is -1.29. The number of allylic oxidation sites excluding steroid dienone is 2. The van der Waals surface area contributed by atoms with Crippen molar-refractivity contribution in [2.24, 2.45) is 0 Å². The first kappa shape index (κ1) is 35.8. The fourth-order valence-corrected chi connectivity index (χ4v) is 7.88. The normalized spacial score (nSPS) is 17.8. The number of sulfonamides is 1. The molecule has 1 fully saturated rings. The van der Waals surface area contributed by atoms with Crippen LogP contribution in [0, 0.1) is 29.1 Å². The van der Waals surface area contributed by atoms with Gasteiger partial charge in [-0.05, 0) is 72.7 Å². The number of ether oxygens (including phenoxy) is 1. The number of carboxylic acids is 1. The van der Waals surface area contributed by atoms with Gasteiger partial charge < -0.3 is 14.7 Å². The van der Waals surface area contributed by atoms with Crippen LogP contribution in [0.5, 0.6) is 0 Å². The highest BCUT2D eigenvalue weighted by Crippen LogP contribution is 2.43. The van der Waals surface area contributed by atoms with Crippen LogP contribution in [0.15, 0.2) is 83.9 Å². The molecule has 1 aliphatic heterocycles. The lowest BCUT2D eigenvalue weighted by molar-refractivity contribution is -0.194. The molecule has 9 nitrogen and oxygen atoms in total. The molecule has 1 amide bonds. The maximum Gasteiger partial charge on any atom is 0.335 e. The number of halogens is 5. The first-order valence-electron chi connectivity index (χ1n) is 15.9. The molecule has 51 heavy (non-hydrogen) atoms. The van der Waals surface area contributed by atoms with Gasteiger partial charge in [-0.1, -0.05) is 42.5 Å². The summed E-state index contributed by atoms with van der Waals surface area (Å²) in [6, 6.07) is 16.7. The second-order valence-corrected chi connectivity index (χ2v) is 13.8. The van der Waals surface area contributed by atoms with Crippen molar-refractivity contribution in [2.75, 3.05) is 11.4 Å². The van der Waals surface area contributed by atoms with Gasteiger partial charge in [0.05, 0.1) is 24.4 Å². The van der Waals surface area contributed by atoms with E-state index >= 15 is 0 Å². The van der Waals surface area contributed by atoms with Gasteiger partial charge in [-0.3, -0.25) is 9.78 Å². The van der Waals surface area contributed by atoms with Crippen molar-refractivity contribution in [3.8, 4) is 0 Å². The van der Waals surface area contributed by atoms with E-state index < -0.39 is 74.8 Å². The minimum absolute atomic E-state index is 0.0778. The summed E-state index contributed by atoms with van der Waals surface area (Å²) in [5, 5.41) is 9.45. The van der Waals surface area contributed by atoms with Crippen LogP contribution >= 0.6 is 0 Å². The summed E-state index contributed by atoms with van der Waals surface area (Å²) >= 11 is 0. The molecular formula is C36H30F5N3O6S. The molecule has 266 valence electrons. The van der Waals surface area contributed by atoms with Gasteiger partial charge >= 0.3 is 5.97 Å². The van der Waals surface area contributed by atoms with Crippen molar-refractivity contribution < 1.29 is 49.8 Å². The van der Waals surface area contributed by atoms with Gasteiger partial charge in [0.1, 0.15) is 0 Å². The van der Waals surface area contributed by atoms with Crippen molar-refractivity contribution in [1.82, 2.24) is 9.29 Å². The average molecular weight is 728 g/mol. The summed E-state index contributed by atoms with van der Waals surface area (Å²) in [4.78, 5) is 29.8. The van der Waals surface area contributed by atoms with Crippen molar-refractivity contribution in [3.05, 3.63) is 130 Å². The Morgan fingerprint density at radius 2 is 1.55 bits per heavy atom. The maximum absolute atomic E-state index is 15.0. The number of carboxylic acid groups (broad SMARTS) is 1. The lowest BCUT2D eigenvalue weighted by Gasteiger charge is -2.50. The third-order valence-corrected chi connectivity index (χ3v) is 10.8. The Labute approximate surface area is 289 Å². The van der Waals surface area contributed by atoms with Gasteiger partial charge in [0.25, 0.3) is 15.9 Å².